The van der Waals surface area contributed by atoms with Crippen molar-refractivity contribution in [3.63, 3.8) is 0 Å². The molecule has 0 fully saturated rings. The summed E-state index contributed by atoms with van der Waals surface area (Å²) in [5, 5.41) is 3.38. The number of carbonyl (C=O) groups is 1. The number of methoxy groups -OCH3 is 1. The summed E-state index contributed by atoms with van der Waals surface area (Å²) in [7, 11) is 1.49. The molecule has 1 amide bonds. The molecule has 2 aromatic carbocycles. The summed E-state index contributed by atoms with van der Waals surface area (Å²) in [5.74, 6) is -0.239. The molecule has 0 unspecified atom stereocenters. The van der Waals surface area contributed by atoms with Crippen molar-refractivity contribution < 1.29 is 13.9 Å². The third-order valence-corrected chi connectivity index (χ3v) is 3.78. The van der Waals surface area contributed by atoms with E-state index in [2.05, 4.69) is 10.3 Å². The molecule has 0 aliphatic heterocycles. The number of amides is 1. The summed E-state index contributed by atoms with van der Waals surface area (Å²) < 4.78 is 18.9. The predicted molar refractivity (Wildman–Crippen MR) is 90.6 cm³/mol. The zero-order valence-electron chi connectivity index (χ0n) is 13.5. The molecule has 5 heteroatoms. The van der Waals surface area contributed by atoms with E-state index in [9.17, 15) is 9.18 Å². The van der Waals surface area contributed by atoms with Gasteiger partial charge in [0, 0.05) is 18.0 Å². The highest BCUT2D eigenvalue weighted by molar-refractivity contribution is 5.97. The first kappa shape index (κ1) is 15.9. The van der Waals surface area contributed by atoms with Gasteiger partial charge in [-0.1, -0.05) is 30.3 Å². The Morgan fingerprint density at radius 1 is 1.21 bits per heavy atom. The van der Waals surface area contributed by atoms with Crippen LogP contribution in [0.15, 0.2) is 48.5 Å². The fourth-order valence-electron chi connectivity index (χ4n) is 2.58. The number of ether oxygens (including phenoxy) is 1. The molecule has 0 spiro atoms. The van der Waals surface area contributed by atoms with Crippen molar-refractivity contribution in [1.29, 1.82) is 0 Å². The normalized spacial score (nSPS) is 10.6. The second-order valence-corrected chi connectivity index (χ2v) is 5.50. The molecule has 4 nitrogen and oxygen atoms in total. The Kier molecular flexibility index (Phi) is 4.42. The van der Waals surface area contributed by atoms with Crippen LogP contribution in [0.2, 0.25) is 0 Å². The highest BCUT2D eigenvalue weighted by atomic mass is 19.1. The summed E-state index contributed by atoms with van der Waals surface area (Å²) in [6, 6.07) is 13.9. The first-order chi connectivity index (χ1) is 11.6. The summed E-state index contributed by atoms with van der Waals surface area (Å²) in [6.45, 7) is 2.16. The number of carbonyl (C=O) groups excluding carboxylic acids is 1. The third-order valence-electron chi connectivity index (χ3n) is 3.78. The maximum absolute atomic E-state index is 13.6. The molecule has 1 N–H and O–H groups in total. The lowest BCUT2D eigenvalue weighted by Gasteiger charge is -2.11. The molecule has 0 radical (unpaired) electrons. The maximum atomic E-state index is 13.6. The fourth-order valence-corrected chi connectivity index (χ4v) is 2.58. The van der Waals surface area contributed by atoms with E-state index in [0.29, 0.717) is 28.8 Å². The van der Waals surface area contributed by atoms with Crippen LogP contribution < -0.4 is 10.1 Å². The molecule has 0 aliphatic carbocycles. The van der Waals surface area contributed by atoms with Gasteiger partial charge in [0.05, 0.1) is 12.6 Å². The van der Waals surface area contributed by atoms with Gasteiger partial charge in [0.25, 0.3) is 5.91 Å². The Labute approximate surface area is 139 Å². The number of hydrogen-bond donors (Lipinski definition) is 1. The SMILES string of the molecule is COc1cc(C(=O)NCc2ccccc2)nc2c(C)cc(F)cc12. The molecule has 0 saturated heterocycles. The van der Waals surface area contributed by atoms with Crippen molar-refractivity contribution in [2.24, 2.45) is 0 Å². The largest absolute Gasteiger partial charge is 0.496 e. The van der Waals surface area contributed by atoms with Gasteiger partial charge in [0.15, 0.2) is 0 Å². The van der Waals surface area contributed by atoms with E-state index in [1.54, 1.807) is 6.92 Å². The Balaban J connectivity index is 1.93. The van der Waals surface area contributed by atoms with Crippen LogP contribution in [-0.2, 0) is 6.54 Å². The third kappa shape index (κ3) is 3.20. The number of aryl methyl sites for hydroxylation is 1. The van der Waals surface area contributed by atoms with Crippen LogP contribution >= 0.6 is 0 Å². The summed E-state index contributed by atoms with van der Waals surface area (Å²) >= 11 is 0. The van der Waals surface area contributed by atoms with Gasteiger partial charge in [0.1, 0.15) is 17.3 Å². The van der Waals surface area contributed by atoms with Gasteiger partial charge in [0.2, 0.25) is 0 Å². The van der Waals surface area contributed by atoms with Crippen molar-refractivity contribution in [2.75, 3.05) is 7.11 Å². The minimum absolute atomic E-state index is 0.241. The molecule has 3 aromatic rings. The standard InChI is InChI=1S/C19H17FN2O2/c1-12-8-14(20)9-15-17(24-2)10-16(22-18(12)15)19(23)21-11-13-6-4-3-5-7-13/h3-10H,11H2,1-2H3,(H,21,23). The Morgan fingerprint density at radius 3 is 2.67 bits per heavy atom. The number of rotatable bonds is 4. The second kappa shape index (κ2) is 6.66. The van der Waals surface area contributed by atoms with E-state index in [0.717, 1.165) is 5.56 Å². The molecule has 0 atom stereocenters. The van der Waals surface area contributed by atoms with Crippen LogP contribution in [0, 0.1) is 12.7 Å². The van der Waals surface area contributed by atoms with Crippen LogP contribution in [0.5, 0.6) is 5.75 Å². The number of fused-ring (bicyclic) bond motifs is 1. The van der Waals surface area contributed by atoms with Crippen LogP contribution in [-0.4, -0.2) is 18.0 Å². The van der Waals surface area contributed by atoms with Crippen LogP contribution in [0.25, 0.3) is 10.9 Å². The molecule has 122 valence electrons. The lowest BCUT2D eigenvalue weighted by Crippen LogP contribution is -2.24. The fraction of sp³-hybridized carbons (Fsp3) is 0.158. The van der Waals surface area contributed by atoms with Gasteiger partial charge < -0.3 is 10.1 Å². The van der Waals surface area contributed by atoms with E-state index >= 15 is 0 Å². The molecule has 0 aliphatic rings. The van der Waals surface area contributed by atoms with E-state index < -0.39 is 0 Å². The summed E-state index contributed by atoms with van der Waals surface area (Å²) in [5.41, 5.74) is 2.45. The lowest BCUT2D eigenvalue weighted by atomic mass is 10.1. The maximum Gasteiger partial charge on any atom is 0.270 e. The van der Waals surface area contributed by atoms with Crippen LogP contribution in [0.4, 0.5) is 4.39 Å². The number of halogens is 1. The molecule has 0 bridgehead atoms. The van der Waals surface area contributed by atoms with Crippen molar-refractivity contribution in [1.82, 2.24) is 10.3 Å². The quantitative estimate of drug-likeness (QED) is 0.797. The Hall–Kier alpha value is -2.95. The van der Waals surface area contributed by atoms with Crippen molar-refractivity contribution in [3.8, 4) is 5.75 Å². The van der Waals surface area contributed by atoms with Gasteiger partial charge in [-0.25, -0.2) is 9.37 Å². The van der Waals surface area contributed by atoms with Gasteiger partial charge in [-0.15, -0.1) is 0 Å². The van der Waals surface area contributed by atoms with E-state index in [-0.39, 0.29) is 17.4 Å². The van der Waals surface area contributed by atoms with Crippen molar-refractivity contribution in [3.05, 3.63) is 71.2 Å². The topological polar surface area (TPSA) is 51.2 Å². The molecule has 1 heterocycles. The molecule has 24 heavy (non-hydrogen) atoms. The highest BCUT2D eigenvalue weighted by Gasteiger charge is 2.14. The van der Waals surface area contributed by atoms with Gasteiger partial charge in [-0.2, -0.15) is 0 Å². The number of benzene rings is 2. The highest BCUT2D eigenvalue weighted by Crippen LogP contribution is 2.28. The smallest absolute Gasteiger partial charge is 0.270 e. The van der Waals surface area contributed by atoms with Crippen molar-refractivity contribution in [2.45, 2.75) is 13.5 Å². The Morgan fingerprint density at radius 2 is 1.96 bits per heavy atom. The van der Waals surface area contributed by atoms with Crippen LogP contribution in [0.3, 0.4) is 0 Å². The number of nitrogens with one attached hydrogen (secondary N) is 1. The first-order valence-electron chi connectivity index (χ1n) is 7.55. The molecule has 0 saturated carbocycles. The average Bonchev–Trinajstić information content (AvgIpc) is 2.59. The summed E-state index contributed by atoms with van der Waals surface area (Å²) in [4.78, 5) is 16.8. The second-order valence-electron chi connectivity index (χ2n) is 5.50. The van der Waals surface area contributed by atoms with Gasteiger partial charge >= 0.3 is 0 Å². The average molecular weight is 324 g/mol. The van der Waals surface area contributed by atoms with Crippen LogP contribution in [0.1, 0.15) is 21.6 Å². The molecular weight excluding hydrogens is 307 g/mol. The number of hydrogen-bond acceptors (Lipinski definition) is 3. The zero-order chi connectivity index (χ0) is 17.1. The summed E-state index contributed by atoms with van der Waals surface area (Å²) in [6.07, 6.45) is 0. The molecule has 1 aromatic heterocycles. The number of nitrogens with zero attached hydrogens (tertiary/aromatic N) is 1. The van der Waals surface area contributed by atoms with E-state index in [1.807, 2.05) is 30.3 Å². The van der Waals surface area contributed by atoms with E-state index in [1.165, 1.54) is 25.3 Å². The monoisotopic (exact) mass is 324 g/mol. The predicted octanol–water partition coefficient (Wildman–Crippen LogP) is 3.62. The minimum Gasteiger partial charge on any atom is -0.496 e. The zero-order valence-corrected chi connectivity index (χ0v) is 13.5. The van der Waals surface area contributed by atoms with Gasteiger partial charge in [-0.05, 0) is 30.2 Å². The molecule has 3 rings (SSSR count). The van der Waals surface area contributed by atoms with Gasteiger partial charge in [-0.3, -0.25) is 4.79 Å². The number of aromatic nitrogens is 1. The lowest BCUT2D eigenvalue weighted by molar-refractivity contribution is 0.0946. The molecular formula is C19H17FN2O2. The Bertz CT molecular complexity index is 895. The van der Waals surface area contributed by atoms with E-state index in [4.69, 9.17) is 4.74 Å². The number of pyridine rings is 1. The first-order valence-corrected chi connectivity index (χ1v) is 7.55. The minimum atomic E-state index is -0.360. The van der Waals surface area contributed by atoms with Crippen molar-refractivity contribution >= 4 is 16.8 Å².